The van der Waals surface area contributed by atoms with Crippen LogP contribution in [0.4, 0.5) is 14.6 Å². The molecule has 4 aliphatic rings. The first-order chi connectivity index (χ1) is 16.5. The first-order valence-electron chi connectivity index (χ1n) is 11.7. The monoisotopic (exact) mass is 463 g/mol. The molecule has 0 radical (unpaired) electrons. The van der Waals surface area contributed by atoms with Gasteiger partial charge in [-0.25, -0.2) is 18.7 Å². The van der Waals surface area contributed by atoms with Crippen LogP contribution in [0, 0.1) is 40.7 Å². The average molecular weight is 463 g/mol. The van der Waals surface area contributed by atoms with E-state index in [1.54, 1.807) is 6.20 Å². The molecule has 7 nitrogen and oxygen atoms in total. The van der Waals surface area contributed by atoms with Crippen molar-refractivity contribution in [1.82, 2.24) is 15.0 Å². The van der Waals surface area contributed by atoms with Crippen molar-refractivity contribution in [3.63, 3.8) is 0 Å². The topological polar surface area (TPSA) is 115 Å². The van der Waals surface area contributed by atoms with Crippen LogP contribution < -0.4 is 5.32 Å². The van der Waals surface area contributed by atoms with Crippen LogP contribution in [0.1, 0.15) is 55.6 Å². The van der Waals surface area contributed by atoms with Gasteiger partial charge in [0.1, 0.15) is 17.5 Å². The minimum atomic E-state index is -0.873. The van der Waals surface area contributed by atoms with Crippen molar-refractivity contribution in [3.05, 3.63) is 41.2 Å². The molecule has 174 valence electrons. The molecule has 0 amide bonds. The first-order valence-corrected chi connectivity index (χ1v) is 11.7. The number of H-pyrrole nitrogens is 1. The Morgan fingerprint density at radius 3 is 2.59 bits per heavy atom. The summed E-state index contributed by atoms with van der Waals surface area (Å²) in [6.07, 6.45) is 7.78. The number of rotatable bonds is 5. The van der Waals surface area contributed by atoms with E-state index < -0.39 is 29.6 Å². The number of carboxylic acids is 1. The smallest absolute Gasteiger partial charge is 0.308 e. The van der Waals surface area contributed by atoms with Gasteiger partial charge in [-0.3, -0.25) is 4.79 Å². The summed E-state index contributed by atoms with van der Waals surface area (Å²) in [6.45, 7) is 0. The lowest BCUT2D eigenvalue weighted by atomic mass is 9.61. The number of hydrogen-bond donors (Lipinski definition) is 3. The predicted molar refractivity (Wildman–Crippen MR) is 120 cm³/mol. The van der Waals surface area contributed by atoms with E-state index in [1.807, 2.05) is 0 Å². The molecule has 4 aliphatic carbocycles. The van der Waals surface area contributed by atoms with Crippen LogP contribution in [0.3, 0.4) is 0 Å². The van der Waals surface area contributed by atoms with E-state index in [9.17, 15) is 19.6 Å². The second-order valence-corrected chi connectivity index (χ2v) is 9.76. The van der Waals surface area contributed by atoms with E-state index in [1.165, 1.54) is 6.07 Å². The fourth-order valence-electron chi connectivity index (χ4n) is 6.08. The molecule has 9 heteroatoms. The zero-order valence-electron chi connectivity index (χ0n) is 18.3. The standard InChI is InChI=1S/C25H23F2N5O2/c26-14-7-15-17(10-30-23(15)29-9-14)22-16(8-28)18(11-1-2-11)20(27)24(32-22)31-21-13-5-3-12(4-6-13)19(21)25(33)34/h7,9-13,19,21H,1-6H2,(H,29,30)(H,31,32)(H,33,34)/t12?,13?,19-,21-/m0/s1. The normalized spacial score (nSPS) is 25.9. The van der Waals surface area contributed by atoms with Crippen LogP contribution in [0.15, 0.2) is 18.5 Å². The van der Waals surface area contributed by atoms with Crippen molar-refractivity contribution in [2.45, 2.75) is 50.5 Å². The summed E-state index contributed by atoms with van der Waals surface area (Å²) in [4.78, 5) is 23.7. The van der Waals surface area contributed by atoms with Crippen molar-refractivity contribution < 1.29 is 18.7 Å². The number of nitriles is 1. The number of halogens is 2. The summed E-state index contributed by atoms with van der Waals surface area (Å²) in [5, 5.41) is 23.5. The van der Waals surface area contributed by atoms with Gasteiger partial charge in [-0.2, -0.15) is 5.26 Å². The maximum Gasteiger partial charge on any atom is 0.308 e. The fraction of sp³-hybridized carbons (Fsp3) is 0.440. The van der Waals surface area contributed by atoms with E-state index in [4.69, 9.17) is 0 Å². The molecule has 4 saturated carbocycles. The molecular weight excluding hydrogens is 440 g/mol. The highest BCUT2D eigenvalue weighted by Gasteiger charge is 2.48. The molecule has 2 bridgehead atoms. The van der Waals surface area contributed by atoms with Gasteiger partial charge in [0.05, 0.1) is 23.4 Å². The van der Waals surface area contributed by atoms with Crippen LogP contribution in [0.2, 0.25) is 0 Å². The summed E-state index contributed by atoms with van der Waals surface area (Å²) < 4.78 is 29.8. The van der Waals surface area contributed by atoms with Gasteiger partial charge in [-0.05, 0) is 62.3 Å². The maximum atomic E-state index is 15.8. The maximum absolute atomic E-state index is 15.8. The highest BCUT2D eigenvalue weighted by Crippen LogP contribution is 2.49. The molecule has 3 heterocycles. The molecule has 0 spiro atoms. The third-order valence-electron chi connectivity index (χ3n) is 7.83. The predicted octanol–water partition coefficient (Wildman–Crippen LogP) is 4.95. The van der Waals surface area contributed by atoms with Crippen LogP contribution in [-0.2, 0) is 4.79 Å². The Balaban J connectivity index is 1.51. The van der Waals surface area contributed by atoms with E-state index in [2.05, 4.69) is 26.3 Å². The molecule has 34 heavy (non-hydrogen) atoms. The zero-order valence-corrected chi connectivity index (χ0v) is 18.3. The molecule has 0 aromatic carbocycles. The van der Waals surface area contributed by atoms with E-state index >= 15 is 4.39 Å². The van der Waals surface area contributed by atoms with Gasteiger partial charge in [0.25, 0.3) is 0 Å². The summed E-state index contributed by atoms with van der Waals surface area (Å²) in [5.41, 5.74) is 1.59. The Morgan fingerprint density at radius 2 is 1.91 bits per heavy atom. The number of nitrogens with one attached hydrogen (secondary N) is 2. The molecule has 0 saturated heterocycles. The number of hydrogen-bond acceptors (Lipinski definition) is 5. The lowest BCUT2D eigenvalue weighted by molar-refractivity contribution is -0.148. The lowest BCUT2D eigenvalue weighted by Gasteiger charge is -2.47. The Hall–Kier alpha value is -3.54. The third-order valence-corrected chi connectivity index (χ3v) is 7.83. The molecule has 2 atom stereocenters. The quantitative estimate of drug-likeness (QED) is 0.493. The van der Waals surface area contributed by atoms with Crippen molar-refractivity contribution in [3.8, 4) is 17.3 Å². The number of aromatic nitrogens is 3. The highest BCUT2D eigenvalue weighted by molar-refractivity contribution is 5.94. The van der Waals surface area contributed by atoms with E-state index in [-0.39, 0.29) is 34.8 Å². The number of fused-ring (bicyclic) bond motifs is 4. The van der Waals surface area contributed by atoms with E-state index in [0.29, 0.717) is 22.2 Å². The number of pyridine rings is 2. The Kier molecular flexibility index (Phi) is 4.80. The number of anilines is 1. The number of carbonyl (C=O) groups is 1. The first kappa shape index (κ1) is 21.0. The fourth-order valence-corrected chi connectivity index (χ4v) is 6.08. The van der Waals surface area contributed by atoms with Crippen molar-refractivity contribution in [1.29, 1.82) is 5.26 Å². The summed E-state index contributed by atoms with van der Waals surface area (Å²) in [7, 11) is 0. The number of nitrogens with zero attached hydrogens (tertiary/aromatic N) is 3. The lowest BCUT2D eigenvalue weighted by Crippen LogP contribution is -2.51. The second-order valence-electron chi connectivity index (χ2n) is 9.76. The highest BCUT2D eigenvalue weighted by atomic mass is 19.1. The average Bonchev–Trinajstić information content (AvgIpc) is 3.59. The minimum Gasteiger partial charge on any atom is -0.481 e. The summed E-state index contributed by atoms with van der Waals surface area (Å²) in [6, 6.07) is 3.01. The van der Waals surface area contributed by atoms with Gasteiger partial charge in [0.15, 0.2) is 11.6 Å². The molecule has 0 aliphatic heterocycles. The molecule has 3 aromatic heterocycles. The van der Waals surface area contributed by atoms with Gasteiger partial charge in [0.2, 0.25) is 0 Å². The van der Waals surface area contributed by atoms with Crippen LogP contribution in [-0.4, -0.2) is 32.1 Å². The van der Waals surface area contributed by atoms with E-state index in [0.717, 1.165) is 44.7 Å². The van der Waals surface area contributed by atoms with Gasteiger partial charge in [-0.15, -0.1) is 0 Å². The van der Waals surface area contributed by atoms with Crippen LogP contribution >= 0.6 is 0 Å². The van der Waals surface area contributed by atoms with Gasteiger partial charge in [-0.1, -0.05) is 0 Å². The SMILES string of the molecule is N#Cc1c(-c2c[nH]c3ncc(F)cc23)nc(N[C@H]2C3CCC(CC3)[C@@H]2C(=O)O)c(F)c1C1CC1. The van der Waals surface area contributed by atoms with Crippen LogP contribution in [0.25, 0.3) is 22.3 Å². The summed E-state index contributed by atoms with van der Waals surface area (Å²) >= 11 is 0. The van der Waals surface area contributed by atoms with Crippen LogP contribution in [0.5, 0.6) is 0 Å². The number of aromatic amines is 1. The molecule has 3 N–H and O–H groups in total. The van der Waals surface area contributed by atoms with Crippen molar-refractivity contribution >= 4 is 22.8 Å². The molecule has 3 aromatic rings. The molecule has 4 fully saturated rings. The Bertz CT molecular complexity index is 1350. The minimum absolute atomic E-state index is 0.0292. The molecular formula is C25H23F2N5O2. The van der Waals surface area contributed by atoms with Gasteiger partial charge in [0, 0.05) is 28.8 Å². The number of carboxylic acid groups (broad SMARTS) is 1. The van der Waals surface area contributed by atoms with Crippen molar-refractivity contribution in [2.75, 3.05) is 5.32 Å². The zero-order chi connectivity index (χ0) is 23.6. The summed E-state index contributed by atoms with van der Waals surface area (Å²) in [5.74, 6) is -2.53. The Morgan fingerprint density at radius 1 is 1.18 bits per heavy atom. The van der Waals surface area contributed by atoms with Gasteiger partial charge < -0.3 is 15.4 Å². The molecule has 0 unspecified atom stereocenters. The largest absolute Gasteiger partial charge is 0.481 e. The molecule has 7 rings (SSSR count). The second kappa shape index (κ2) is 7.76. The third kappa shape index (κ3) is 3.23. The Labute approximate surface area is 194 Å². The number of aliphatic carboxylic acids is 1. The van der Waals surface area contributed by atoms with Gasteiger partial charge >= 0.3 is 5.97 Å². The van der Waals surface area contributed by atoms with Crippen molar-refractivity contribution in [2.24, 2.45) is 17.8 Å².